The number of aliphatic hydroxyl groups is 1. The Hall–Kier alpha value is -0.160. The summed E-state index contributed by atoms with van der Waals surface area (Å²) in [4.78, 5) is 2.25. The molecule has 1 aliphatic rings. The van der Waals surface area contributed by atoms with Gasteiger partial charge in [-0.25, -0.2) is 0 Å². The number of rotatable bonds is 8. The molecule has 3 unspecified atom stereocenters. The number of methoxy groups -OCH3 is 1. The summed E-state index contributed by atoms with van der Waals surface area (Å²) >= 11 is 0. The van der Waals surface area contributed by atoms with E-state index in [0.29, 0.717) is 25.1 Å². The molecule has 2 N–H and O–H groups in total. The van der Waals surface area contributed by atoms with Crippen LogP contribution in [0.2, 0.25) is 0 Å². The van der Waals surface area contributed by atoms with Gasteiger partial charge in [0, 0.05) is 26.2 Å². The zero-order valence-corrected chi connectivity index (χ0v) is 12.9. The van der Waals surface area contributed by atoms with E-state index in [0.717, 1.165) is 13.1 Å². The van der Waals surface area contributed by atoms with Crippen molar-refractivity contribution in [3.05, 3.63) is 0 Å². The molecule has 0 aromatic rings. The van der Waals surface area contributed by atoms with Crippen molar-refractivity contribution in [1.82, 2.24) is 10.2 Å². The molecular weight excluding hydrogens is 240 g/mol. The lowest BCUT2D eigenvalue weighted by molar-refractivity contribution is 0.0387. The van der Waals surface area contributed by atoms with Gasteiger partial charge in [0.1, 0.15) is 0 Å². The third-order valence-corrected chi connectivity index (χ3v) is 4.05. The molecule has 1 rings (SSSR count). The molecule has 1 fully saturated rings. The van der Waals surface area contributed by atoms with Crippen LogP contribution < -0.4 is 5.32 Å². The summed E-state index contributed by atoms with van der Waals surface area (Å²) in [5.74, 6) is 0.710. The first-order valence-electron chi connectivity index (χ1n) is 7.76. The zero-order chi connectivity index (χ0) is 14.1. The molecule has 0 spiro atoms. The molecule has 0 amide bonds. The van der Waals surface area contributed by atoms with E-state index in [1.807, 2.05) is 0 Å². The number of hydrogen-bond donors (Lipinski definition) is 2. The minimum absolute atomic E-state index is 0.377. The Bertz CT molecular complexity index is 226. The van der Waals surface area contributed by atoms with Crippen LogP contribution in [0.4, 0.5) is 0 Å². The third-order valence-electron chi connectivity index (χ3n) is 4.05. The summed E-state index contributed by atoms with van der Waals surface area (Å²) in [5.41, 5.74) is 0. The fraction of sp³-hybridized carbons (Fsp3) is 1.00. The van der Waals surface area contributed by atoms with Gasteiger partial charge in [-0.1, -0.05) is 26.2 Å². The standard InChI is InChI=1S/C15H32N2O2/c1-4-16-15-9-7-5-6-8-13(15)10-17(2)11-14(18)12-19-3/h13-16,18H,4-12H2,1-3H3. The highest BCUT2D eigenvalue weighted by Gasteiger charge is 2.24. The Morgan fingerprint density at radius 1 is 1.32 bits per heavy atom. The van der Waals surface area contributed by atoms with Crippen molar-refractivity contribution < 1.29 is 9.84 Å². The lowest BCUT2D eigenvalue weighted by Crippen LogP contribution is -2.43. The van der Waals surface area contributed by atoms with Crippen molar-refractivity contribution in [1.29, 1.82) is 0 Å². The van der Waals surface area contributed by atoms with Crippen molar-refractivity contribution in [3.63, 3.8) is 0 Å². The molecule has 0 heterocycles. The normalized spacial score (nSPS) is 26.4. The molecule has 114 valence electrons. The van der Waals surface area contributed by atoms with Crippen LogP contribution in [0.1, 0.15) is 39.0 Å². The summed E-state index contributed by atoms with van der Waals surface area (Å²) in [6.45, 7) is 5.43. The highest BCUT2D eigenvalue weighted by molar-refractivity contribution is 4.81. The summed E-state index contributed by atoms with van der Waals surface area (Å²) in [7, 11) is 3.74. The SMILES string of the molecule is CCNC1CCCCCC1CN(C)CC(O)COC. The molecule has 0 saturated heterocycles. The maximum Gasteiger partial charge on any atom is 0.0899 e. The number of nitrogens with one attached hydrogen (secondary N) is 1. The zero-order valence-electron chi connectivity index (χ0n) is 12.9. The lowest BCUT2D eigenvalue weighted by Gasteiger charge is -2.30. The number of nitrogens with zero attached hydrogens (tertiary/aromatic N) is 1. The van der Waals surface area contributed by atoms with Crippen LogP contribution in [0.25, 0.3) is 0 Å². The Morgan fingerprint density at radius 3 is 2.74 bits per heavy atom. The van der Waals surface area contributed by atoms with E-state index in [-0.39, 0.29) is 6.10 Å². The first-order chi connectivity index (χ1) is 9.17. The molecule has 0 aromatic carbocycles. The fourth-order valence-corrected chi connectivity index (χ4v) is 3.21. The van der Waals surface area contributed by atoms with Crippen LogP contribution in [0.15, 0.2) is 0 Å². The van der Waals surface area contributed by atoms with E-state index in [9.17, 15) is 5.11 Å². The van der Waals surface area contributed by atoms with Gasteiger partial charge in [0.2, 0.25) is 0 Å². The molecular formula is C15H32N2O2. The maximum atomic E-state index is 9.79. The second kappa shape index (κ2) is 9.70. The van der Waals surface area contributed by atoms with Gasteiger partial charge in [-0.15, -0.1) is 0 Å². The van der Waals surface area contributed by atoms with E-state index < -0.39 is 0 Å². The Labute approximate surface area is 118 Å². The minimum atomic E-state index is -0.377. The smallest absolute Gasteiger partial charge is 0.0899 e. The molecule has 19 heavy (non-hydrogen) atoms. The van der Waals surface area contributed by atoms with E-state index in [2.05, 4.69) is 24.2 Å². The highest BCUT2D eigenvalue weighted by atomic mass is 16.5. The average Bonchev–Trinajstić information content (AvgIpc) is 2.56. The van der Waals surface area contributed by atoms with Crippen LogP contribution in [0.3, 0.4) is 0 Å². The van der Waals surface area contributed by atoms with Crippen LogP contribution in [0.5, 0.6) is 0 Å². The van der Waals surface area contributed by atoms with Crippen LogP contribution >= 0.6 is 0 Å². The largest absolute Gasteiger partial charge is 0.389 e. The van der Waals surface area contributed by atoms with Gasteiger partial charge in [0.25, 0.3) is 0 Å². The van der Waals surface area contributed by atoms with E-state index in [1.54, 1.807) is 7.11 Å². The van der Waals surface area contributed by atoms with Crippen molar-refractivity contribution >= 4 is 0 Å². The Morgan fingerprint density at radius 2 is 2.05 bits per heavy atom. The van der Waals surface area contributed by atoms with Gasteiger partial charge >= 0.3 is 0 Å². The van der Waals surface area contributed by atoms with Crippen molar-refractivity contribution in [2.45, 2.75) is 51.2 Å². The second-order valence-corrected chi connectivity index (χ2v) is 5.89. The van der Waals surface area contributed by atoms with Gasteiger partial charge in [-0.3, -0.25) is 0 Å². The highest BCUT2D eigenvalue weighted by Crippen LogP contribution is 2.24. The molecule has 0 aliphatic heterocycles. The first kappa shape index (κ1) is 16.9. The van der Waals surface area contributed by atoms with Crippen molar-refractivity contribution in [3.8, 4) is 0 Å². The topological polar surface area (TPSA) is 44.7 Å². The van der Waals surface area contributed by atoms with E-state index in [1.165, 1.54) is 32.1 Å². The molecule has 0 radical (unpaired) electrons. The molecule has 4 heteroatoms. The van der Waals surface area contributed by atoms with Gasteiger partial charge < -0.3 is 20.1 Å². The molecule has 4 nitrogen and oxygen atoms in total. The Kier molecular flexibility index (Phi) is 8.62. The number of hydrogen-bond acceptors (Lipinski definition) is 4. The summed E-state index contributed by atoms with van der Waals surface area (Å²) in [5, 5.41) is 13.4. The molecule has 1 saturated carbocycles. The summed E-state index contributed by atoms with van der Waals surface area (Å²) < 4.78 is 4.99. The Balaban J connectivity index is 2.41. The van der Waals surface area contributed by atoms with E-state index in [4.69, 9.17) is 4.74 Å². The second-order valence-electron chi connectivity index (χ2n) is 5.89. The molecule has 0 bridgehead atoms. The molecule has 3 atom stereocenters. The van der Waals surface area contributed by atoms with Crippen molar-refractivity contribution in [2.24, 2.45) is 5.92 Å². The number of ether oxygens (including phenoxy) is 1. The number of likely N-dealkylation sites (N-methyl/N-ethyl adjacent to an activating group) is 1. The fourth-order valence-electron chi connectivity index (χ4n) is 3.21. The van der Waals surface area contributed by atoms with Crippen LogP contribution in [-0.2, 0) is 4.74 Å². The van der Waals surface area contributed by atoms with Crippen LogP contribution in [0, 0.1) is 5.92 Å². The van der Waals surface area contributed by atoms with Crippen molar-refractivity contribution in [2.75, 3.05) is 40.4 Å². The average molecular weight is 272 g/mol. The molecule has 0 aromatic heterocycles. The first-order valence-corrected chi connectivity index (χ1v) is 7.76. The quantitative estimate of drug-likeness (QED) is 0.657. The van der Waals surface area contributed by atoms with Crippen LogP contribution in [-0.4, -0.2) is 62.6 Å². The van der Waals surface area contributed by atoms with E-state index >= 15 is 0 Å². The van der Waals surface area contributed by atoms with Gasteiger partial charge in [0.15, 0.2) is 0 Å². The maximum absolute atomic E-state index is 9.79. The summed E-state index contributed by atoms with van der Waals surface area (Å²) in [6, 6.07) is 0.648. The third kappa shape index (κ3) is 6.70. The predicted molar refractivity (Wildman–Crippen MR) is 79.4 cm³/mol. The minimum Gasteiger partial charge on any atom is -0.389 e. The van der Waals surface area contributed by atoms with Gasteiger partial charge in [-0.05, 0) is 32.4 Å². The number of aliphatic hydroxyl groups excluding tert-OH is 1. The van der Waals surface area contributed by atoms with Gasteiger partial charge in [0.05, 0.1) is 12.7 Å². The summed E-state index contributed by atoms with van der Waals surface area (Å²) in [6.07, 6.45) is 6.30. The lowest BCUT2D eigenvalue weighted by atomic mass is 9.94. The monoisotopic (exact) mass is 272 g/mol. The molecule has 1 aliphatic carbocycles. The predicted octanol–water partition coefficient (Wildman–Crippen LogP) is 1.48. The van der Waals surface area contributed by atoms with Gasteiger partial charge in [-0.2, -0.15) is 0 Å².